The molecule has 0 fully saturated rings. The van der Waals surface area contributed by atoms with Crippen LogP contribution in [0.1, 0.15) is 6.42 Å². The molecule has 17 heavy (non-hydrogen) atoms. The minimum atomic E-state index is -5.06. The van der Waals surface area contributed by atoms with Crippen LogP contribution in [0.5, 0.6) is 5.75 Å². The van der Waals surface area contributed by atoms with Crippen molar-refractivity contribution in [2.75, 3.05) is 18.0 Å². The van der Waals surface area contributed by atoms with Crippen LogP contribution in [-0.4, -0.2) is 25.9 Å². The molecule has 1 aliphatic rings. The first-order valence-corrected chi connectivity index (χ1v) is 5.20. The lowest BCUT2D eigenvalue weighted by atomic mass is 9.90. The third-order valence-corrected chi connectivity index (χ3v) is 2.42. The second-order valence-corrected chi connectivity index (χ2v) is 3.78. The van der Waals surface area contributed by atoms with E-state index < -0.39 is 19.3 Å². The lowest BCUT2D eigenvalue weighted by Gasteiger charge is -2.27. The first-order valence-electron chi connectivity index (χ1n) is 5.20. The van der Waals surface area contributed by atoms with E-state index in [9.17, 15) is 17.7 Å². The normalized spacial score (nSPS) is 16.2. The average Bonchev–Trinajstić information content (AvgIpc) is 2.38. The van der Waals surface area contributed by atoms with Crippen LogP contribution in [0.3, 0.4) is 0 Å². The number of carbonyl (C=O) groups excluding carboxylic acids is 1. The summed E-state index contributed by atoms with van der Waals surface area (Å²) in [5.41, 5.74) is 0.189. The van der Waals surface area contributed by atoms with Crippen LogP contribution in [-0.2, 0) is 4.79 Å². The van der Waals surface area contributed by atoms with Gasteiger partial charge in [0.05, 0.1) is 18.7 Å². The summed E-state index contributed by atoms with van der Waals surface area (Å²) in [6.07, 6.45) is -1.26. The number of hydrogen-bond acceptors (Lipinski definition) is 2. The molecule has 3 nitrogen and oxygen atoms in total. The number of amides is 1. The van der Waals surface area contributed by atoms with E-state index >= 15 is 0 Å². The zero-order valence-electron chi connectivity index (χ0n) is 8.91. The average molecular weight is 244 g/mol. The van der Waals surface area contributed by atoms with E-state index in [1.165, 1.54) is 6.07 Å². The minimum absolute atomic E-state index is 0.0408. The monoisotopic (exact) mass is 244 g/mol. The van der Waals surface area contributed by atoms with Crippen LogP contribution < -0.4 is 9.64 Å². The van der Waals surface area contributed by atoms with Gasteiger partial charge in [0.25, 0.3) is 0 Å². The summed E-state index contributed by atoms with van der Waals surface area (Å²) in [6, 6.07) is 6.26. The van der Waals surface area contributed by atoms with Crippen molar-refractivity contribution in [3.8, 4) is 5.75 Å². The van der Waals surface area contributed by atoms with Crippen molar-refractivity contribution in [2.45, 2.75) is 6.42 Å². The fourth-order valence-corrected chi connectivity index (χ4v) is 1.73. The van der Waals surface area contributed by atoms with E-state index in [-0.39, 0.29) is 18.7 Å². The molecule has 0 bridgehead atoms. The Kier molecular flexibility index (Phi) is 3.00. The van der Waals surface area contributed by atoms with Gasteiger partial charge in [-0.1, -0.05) is 12.1 Å². The Hall–Kier alpha value is -1.66. The van der Waals surface area contributed by atoms with Crippen LogP contribution >= 0.6 is 0 Å². The van der Waals surface area contributed by atoms with Crippen molar-refractivity contribution in [1.82, 2.24) is 0 Å². The third-order valence-electron chi connectivity index (χ3n) is 2.42. The number of hydrogen-bond donors (Lipinski definition) is 0. The molecule has 0 aromatic heterocycles. The highest BCUT2D eigenvalue weighted by Crippen LogP contribution is 2.32. The maximum absolute atomic E-state index is 12.5. The minimum Gasteiger partial charge on any atom is -0.491 e. The first-order chi connectivity index (χ1) is 7.97. The molecular weight excluding hydrogens is 234 g/mol. The molecular formula is C10H10BF3NO2-. The van der Waals surface area contributed by atoms with Crippen LogP contribution in [0.2, 0.25) is 0 Å². The van der Waals surface area contributed by atoms with E-state index in [0.717, 1.165) is 4.90 Å². The van der Waals surface area contributed by atoms with Crippen molar-refractivity contribution < 1.29 is 22.5 Å². The van der Waals surface area contributed by atoms with Crippen molar-refractivity contribution in [3.05, 3.63) is 24.3 Å². The van der Waals surface area contributed by atoms with E-state index in [2.05, 4.69) is 0 Å². The number of nitrogens with zero attached hydrogens (tertiary/aromatic N) is 1. The Morgan fingerprint density at radius 1 is 1.29 bits per heavy atom. The summed E-state index contributed by atoms with van der Waals surface area (Å²) in [5, 5.41) is 0. The molecule has 0 saturated carbocycles. The molecule has 0 radical (unpaired) electrons. The number of anilines is 1. The van der Waals surface area contributed by atoms with Crippen molar-refractivity contribution >= 4 is 18.6 Å². The van der Waals surface area contributed by atoms with Gasteiger partial charge in [0.2, 0.25) is 5.91 Å². The summed E-state index contributed by atoms with van der Waals surface area (Å²) in [7, 11) is 0. The fraction of sp³-hybridized carbons (Fsp3) is 0.300. The van der Waals surface area contributed by atoms with Crippen LogP contribution in [0.4, 0.5) is 18.6 Å². The number of rotatable bonds is 2. The maximum atomic E-state index is 12.5. The van der Waals surface area contributed by atoms with Gasteiger partial charge in [-0.05, 0) is 18.6 Å². The summed E-state index contributed by atoms with van der Waals surface area (Å²) in [4.78, 5) is 12.4. The molecule has 0 saturated heterocycles. The SMILES string of the molecule is O=C1CCOc2ccccc2N1C[B-](F)(F)F. The van der Waals surface area contributed by atoms with Crippen molar-refractivity contribution in [2.24, 2.45) is 0 Å². The van der Waals surface area contributed by atoms with Crippen molar-refractivity contribution in [1.29, 1.82) is 0 Å². The lowest BCUT2D eigenvalue weighted by Crippen LogP contribution is -2.41. The second kappa shape index (κ2) is 4.31. The molecule has 1 aromatic carbocycles. The van der Waals surface area contributed by atoms with Gasteiger partial charge >= 0.3 is 6.98 Å². The van der Waals surface area contributed by atoms with Crippen LogP contribution in [0.25, 0.3) is 0 Å². The van der Waals surface area contributed by atoms with Gasteiger partial charge < -0.3 is 22.6 Å². The Morgan fingerprint density at radius 3 is 2.71 bits per heavy atom. The predicted octanol–water partition coefficient (Wildman–Crippen LogP) is 2.19. The summed E-state index contributed by atoms with van der Waals surface area (Å²) in [5.74, 6) is -0.243. The molecule has 1 aromatic rings. The smallest absolute Gasteiger partial charge is 0.491 e. The topological polar surface area (TPSA) is 29.5 Å². The predicted molar refractivity (Wildman–Crippen MR) is 58.0 cm³/mol. The van der Waals surface area contributed by atoms with Crippen LogP contribution in [0.15, 0.2) is 24.3 Å². The number of carbonyl (C=O) groups is 1. The van der Waals surface area contributed by atoms with E-state index in [1.807, 2.05) is 0 Å². The van der Waals surface area contributed by atoms with E-state index in [1.54, 1.807) is 18.2 Å². The molecule has 0 aliphatic carbocycles. The fourth-order valence-electron chi connectivity index (χ4n) is 1.73. The van der Waals surface area contributed by atoms with E-state index in [0.29, 0.717) is 5.75 Å². The highest BCUT2D eigenvalue weighted by atomic mass is 19.4. The summed E-state index contributed by atoms with van der Waals surface area (Å²) < 4.78 is 42.6. The van der Waals surface area contributed by atoms with Gasteiger partial charge in [-0.15, -0.1) is 0 Å². The van der Waals surface area contributed by atoms with Gasteiger partial charge in [-0.2, -0.15) is 0 Å². The zero-order chi connectivity index (χ0) is 12.5. The molecule has 0 N–H and O–H groups in total. The molecule has 1 aliphatic heterocycles. The first kappa shape index (κ1) is 11.8. The van der Waals surface area contributed by atoms with Gasteiger partial charge in [-0.25, -0.2) is 0 Å². The Bertz CT molecular complexity index is 436. The number of halogens is 3. The Labute approximate surface area is 96.2 Å². The number of ether oxygens (including phenoxy) is 1. The summed E-state index contributed by atoms with van der Waals surface area (Å²) in [6.45, 7) is -4.95. The number of para-hydroxylation sites is 2. The maximum Gasteiger partial charge on any atom is 0.497 e. The molecule has 0 spiro atoms. The molecule has 92 valence electrons. The molecule has 1 amide bonds. The van der Waals surface area contributed by atoms with Crippen molar-refractivity contribution in [3.63, 3.8) is 0 Å². The van der Waals surface area contributed by atoms with Gasteiger partial charge in [0, 0.05) is 0 Å². The number of fused-ring (bicyclic) bond motifs is 1. The Balaban J connectivity index is 2.37. The standard InChI is InChI=1S/C10H10BF3NO2/c12-11(13,14)7-15-8-3-1-2-4-9(8)17-6-5-10(15)16/h1-4H,5-7H2/q-1. The second-order valence-electron chi connectivity index (χ2n) is 3.78. The van der Waals surface area contributed by atoms with E-state index in [4.69, 9.17) is 4.74 Å². The van der Waals surface area contributed by atoms with Gasteiger partial charge in [0.15, 0.2) is 0 Å². The third kappa shape index (κ3) is 2.72. The zero-order valence-corrected chi connectivity index (χ0v) is 8.91. The Morgan fingerprint density at radius 2 is 2.00 bits per heavy atom. The molecule has 0 atom stereocenters. The highest BCUT2D eigenvalue weighted by molar-refractivity contribution is 6.59. The molecule has 2 rings (SSSR count). The largest absolute Gasteiger partial charge is 0.497 e. The quantitative estimate of drug-likeness (QED) is 0.746. The highest BCUT2D eigenvalue weighted by Gasteiger charge is 2.32. The summed E-state index contributed by atoms with van der Waals surface area (Å²) >= 11 is 0. The van der Waals surface area contributed by atoms with Gasteiger partial charge in [-0.3, -0.25) is 4.79 Å². The molecule has 1 heterocycles. The van der Waals surface area contributed by atoms with Crippen LogP contribution in [0, 0.1) is 0 Å². The number of benzene rings is 1. The van der Waals surface area contributed by atoms with Gasteiger partial charge in [0.1, 0.15) is 5.75 Å². The molecule has 7 heteroatoms. The lowest BCUT2D eigenvalue weighted by molar-refractivity contribution is -0.118. The molecule has 0 unspecified atom stereocenters.